The number of hydrogen-bond acceptors (Lipinski definition) is 5. The molecule has 1 N–H and O–H groups in total. The van der Waals surface area contributed by atoms with Gasteiger partial charge in [0.15, 0.2) is 10.9 Å². The summed E-state index contributed by atoms with van der Waals surface area (Å²) in [6.07, 6.45) is 0. The van der Waals surface area contributed by atoms with Crippen LogP contribution < -0.4 is 10.2 Å². The predicted molar refractivity (Wildman–Crippen MR) is 122 cm³/mol. The monoisotopic (exact) mass is 470 g/mol. The molecule has 8 heteroatoms. The maximum atomic E-state index is 12.5. The van der Waals surface area contributed by atoms with Crippen LogP contribution in [0.3, 0.4) is 0 Å². The van der Waals surface area contributed by atoms with Gasteiger partial charge in [-0.05, 0) is 41.3 Å². The number of amides is 2. The zero-order valence-corrected chi connectivity index (χ0v) is 18.6. The van der Waals surface area contributed by atoms with Crippen molar-refractivity contribution >= 4 is 61.8 Å². The van der Waals surface area contributed by atoms with Crippen LogP contribution in [0.4, 0.5) is 11.4 Å². The van der Waals surface area contributed by atoms with Crippen molar-refractivity contribution in [2.45, 2.75) is 26.2 Å². The highest BCUT2D eigenvalue weighted by Gasteiger charge is 2.31. The Balaban J connectivity index is 1.67. The minimum Gasteiger partial charge on any atom is -0.320 e. The zero-order chi connectivity index (χ0) is 20.8. The van der Waals surface area contributed by atoms with Crippen LogP contribution in [0.25, 0.3) is 0 Å². The number of amidine groups is 1. The van der Waals surface area contributed by atoms with Crippen molar-refractivity contribution in [1.29, 1.82) is 0 Å². The SMILES string of the molecule is CC(C)(C)c1ccc(N2C(=O)CSC2=NN=C2C(=O)Nc3ccc(Br)cc32)cc1. The van der Waals surface area contributed by atoms with E-state index in [1.807, 2.05) is 42.5 Å². The first-order valence-corrected chi connectivity index (χ1v) is 10.8. The molecule has 0 saturated carbocycles. The predicted octanol–water partition coefficient (Wildman–Crippen LogP) is 4.54. The molecule has 0 bridgehead atoms. The highest BCUT2D eigenvalue weighted by molar-refractivity contribution is 9.10. The van der Waals surface area contributed by atoms with E-state index in [1.54, 1.807) is 4.90 Å². The molecule has 0 radical (unpaired) electrons. The number of thioether (sulfide) groups is 1. The van der Waals surface area contributed by atoms with Crippen LogP contribution in [-0.2, 0) is 15.0 Å². The van der Waals surface area contributed by atoms with Gasteiger partial charge in [-0.3, -0.25) is 14.5 Å². The molecule has 2 heterocycles. The molecule has 29 heavy (non-hydrogen) atoms. The average molecular weight is 471 g/mol. The van der Waals surface area contributed by atoms with Gasteiger partial charge in [0.05, 0.1) is 17.1 Å². The first-order chi connectivity index (χ1) is 13.7. The zero-order valence-electron chi connectivity index (χ0n) is 16.2. The van der Waals surface area contributed by atoms with Gasteiger partial charge in [-0.2, -0.15) is 0 Å². The van der Waals surface area contributed by atoms with Gasteiger partial charge in [0.2, 0.25) is 5.91 Å². The number of benzene rings is 2. The number of rotatable bonds is 2. The summed E-state index contributed by atoms with van der Waals surface area (Å²) in [6, 6.07) is 13.4. The summed E-state index contributed by atoms with van der Waals surface area (Å²) in [4.78, 5) is 26.3. The van der Waals surface area contributed by atoms with E-state index in [-0.39, 0.29) is 22.9 Å². The average Bonchev–Trinajstić information content (AvgIpc) is 3.18. The van der Waals surface area contributed by atoms with Gasteiger partial charge < -0.3 is 5.32 Å². The summed E-state index contributed by atoms with van der Waals surface area (Å²) in [5, 5.41) is 11.7. The third-order valence-electron chi connectivity index (χ3n) is 4.69. The summed E-state index contributed by atoms with van der Waals surface area (Å²) < 4.78 is 0.846. The van der Waals surface area contributed by atoms with E-state index in [9.17, 15) is 9.59 Å². The van der Waals surface area contributed by atoms with Gasteiger partial charge in [-0.25, -0.2) is 0 Å². The molecule has 4 rings (SSSR count). The van der Waals surface area contributed by atoms with Crippen molar-refractivity contribution in [2.24, 2.45) is 10.2 Å². The largest absolute Gasteiger partial charge is 0.320 e. The molecule has 148 valence electrons. The number of carbonyl (C=O) groups is 2. The lowest BCUT2D eigenvalue weighted by Crippen LogP contribution is -2.29. The molecule has 0 spiro atoms. The van der Waals surface area contributed by atoms with Crippen LogP contribution >= 0.6 is 27.7 Å². The second-order valence-corrected chi connectivity index (χ2v) is 9.65. The van der Waals surface area contributed by atoms with Crippen molar-refractivity contribution in [2.75, 3.05) is 16.0 Å². The Morgan fingerprint density at radius 3 is 2.48 bits per heavy atom. The van der Waals surface area contributed by atoms with Gasteiger partial charge in [0.1, 0.15) is 0 Å². The van der Waals surface area contributed by atoms with Crippen LogP contribution in [0.1, 0.15) is 31.9 Å². The van der Waals surface area contributed by atoms with E-state index in [0.29, 0.717) is 22.2 Å². The molecule has 2 amide bonds. The summed E-state index contributed by atoms with van der Waals surface area (Å²) in [5.74, 6) is -0.0756. The topological polar surface area (TPSA) is 74.1 Å². The van der Waals surface area contributed by atoms with Gasteiger partial charge in [-0.1, -0.05) is 60.6 Å². The molecule has 6 nitrogen and oxygen atoms in total. The van der Waals surface area contributed by atoms with E-state index in [1.165, 1.54) is 17.3 Å². The quantitative estimate of drug-likeness (QED) is 0.654. The van der Waals surface area contributed by atoms with Gasteiger partial charge in [-0.15, -0.1) is 10.2 Å². The van der Waals surface area contributed by atoms with E-state index in [2.05, 4.69) is 52.2 Å². The second-order valence-electron chi connectivity index (χ2n) is 7.79. The van der Waals surface area contributed by atoms with Gasteiger partial charge in [0, 0.05) is 10.0 Å². The van der Waals surface area contributed by atoms with Crippen LogP contribution in [-0.4, -0.2) is 28.4 Å². The van der Waals surface area contributed by atoms with Crippen LogP contribution in [0.15, 0.2) is 57.1 Å². The molecule has 0 aliphatic carbocycles. The van der Waals surface area contributed by atoms with Crippen molar-refractivity contribution in [3.8, 4) is 0 Å². The van der Waals surface area contributed by atoms with E-state index >= 15 is 0 Å². The van der Waals surface area contributed by atoms with Crippen molar-refractivity contribution in [1.82, 2.24) is 0 Å². The third-order valence-corrected chi connectivity index (χ3v) is 6.10. The fraction of sp³-hybridized carbons (Fsp3) is 0.238. The summed E-state index contributed by atoms with van der Waals surface area (Å²) in [7, 11) is 0. The number of hydrogen-bond donors (Lipinski definition) is 1. The lowest BCUT2D eigenvalue weighted by molar-refractivity contribution is -0.115. The molecule has 2 aliphatic heterocycles. The third kappa shape index (κ3) is 3.86. The lowest BCUT2D eigenvalue weighted by atomic mass is 9.87. The van der Waals surface area contributed by atoms with Crippen molar-refractivity contribution in [3.05, 3.63) is 58.1 Å². The molecule has 2 aromatic carbocycles. The van der Waals surface area contributed by atoms with Crippen LogP contribution in [0.5, 0.6) is 0 Å². The number of nitrogens with zero attached hydrogens (tertiary/aromatic N) is 3. The Morgan fingerprint density at radius 1 is 1.07 bits per heavy atom. The molecular formula is C21H19BrN4O2S. The molecule has 0 unspecified atom stereocenters. The molecule has 1 fully saturated rings. The van der Waals surface area contributed by atoms with E-state index < -0.39 is 0 Å². The van der Waals surface area contributed by atoms with Crippen molar-refractivity contribution in [3.63, 3.8) is 0 Å². The minimum atomic E-state index is -0.308. The number of anilines is 2. The highest BCUT2D eigenvalue weighted by atomic mass is 79.9. The summed E-state index contributed by atoms with van der Waals surface area (Å²) in [6.45, 7) is 6.43. The highest BCUT2D eigenvalue weighted by Crippen LogP contribution is 2.31. The van der Waals surface area contributed by atoms with E-state index in [4.69, 9.17) is 0 Å². The lowest BCUT2D eigenvalue weighted by Gasteiger charge is -2.21. The van der Waals surface area contributed by atoms with Crippen molar-refractivity contribution < 1.29 is 9.59 Å². The van der Waals surface area contributed by atoms with Crippen LogP contribution in [0.2, 0.25) is 0 Å². The Hall–Kier alpha value is -2.45. The maximum absolute atomic E-state index is 12.5. The van der Waals surface area contributed by atoms with E-state index in [0.717, 1.165) is 10.2 Å². The summed E-state index contributed by atoms with van der Waals surface area (Å²) >= 11 is 4.72. The first kappa shape index (κ1) is 19.8. The molecule has 0 atom stereocenters. The standard InChI is InChI=1S/C21H19BrN4O2S/c1-21(2,3)12-4-7-14(8-5-12)26-17(27)11-29-20(26)25-24-18-15-10-13(22)6-9-16(15)23-19(18)28/h4-10H,11H2,1-3H3,(H,23,24,28). The van der Waals surface area contributed by atoms with Crippen LogP contribution in [0, 0.1) is 0 Å². The molecule has 0 aromatic heterocycles. The number of fused-ring (bicyclic) bond motifs is 1. The normalized spacial score (nSPS) is 19.2. The smallest absolute Gasteiger partial charge is 0.276 e. The Labute approximate surface area is 181 Å². The Kier molecular flexibility index (Phi) is 5.08. The fourth-order valence-electron chi connectivity index (χ4n) is 3.12. The Bertz CT molecular complexity index is 1070. The molecule has 1 saturated heterocycles. The second kappa shape index (κ2) is 7.42. The van der Waals surface area contributed by atoms with Gasteiger partial charge in [0.25, 0.3) is 5.91 Å². The molecule has 2 aromatic rings. The van der Waals surface area contributed by atoms with Gasteiger partial charge >= 0.3 is 0 Å². The number of halogens is 1. The first-order valence-electron chi connectivity index (χ1n) is 9.07. The fourth-order valence-corrected chi connectivity index (χ4v) is 4.30. The minimum absolute atomic E-state index is 0.0304. The Morgan fingerprint density at radius 2 is 1.79 bits per heavy atom. The number of carbonyl (C=O) groups excluding carboxylic acids is 2. The maximum Gasteiger partial charge on any atom is 0.276 e. The number of nitrogens with one attached hydrogen (secondary N) is 1. The molecular weight excluding hydrogens is 452 g/mol. The summed E-state index contributed by atoms with van der Waals surface area (Å²) in [5.41, 5.74) is 3.57. The molecule has 2 aliphatic rings.